The summed E-state index contributed by atoms with van der Waals surface area (Å²) in [4.78, 5) is 21.9. The first-order valence-corrected chi connectivity index (χ1v) is 6.37. The number of hydrogen-bond acceptors (Lipinski definition) is 2. The standard InChI is InChI=1S/C11H13N2O2.Sn/c1-4-5-7-13-11(15)9(2)6-8-12-10(3)14;/h4,9H,1-3H3,(H,12,14)(H,13,15);. The molecule has 0 aromatic carbocycles. The van der Waals surface area contributed by atoms with E-state index in [1.165, 1.54) is 29.4 Å². The van der Waals surface area contributed by atoms with Crippen LogP contribution in [0.2, 0.25) is 3.93 Å². The fourth-order valence-corrected chi connectivity index (χ4v) is 0.818. The van der Waals surface area contributed by atoms with Crippen LogP contribution in [0.15, 0.2) is 0 Å². The van der Waals surface area contributed by atoms with Crippen LogP contribution in [-0.2, 0) is 9.59 Å². The van der Waals surface area contributed by atoms with Crippen LogP contribution in [0.5, 0.6) is 0 Å². The molecule has 4 nitrogen and oxygen atoms in total. The Morgan fingerprint density at radius 2 is 1.69 bits per heavy atom. The van der Waals surface area contributed by atoms with E-state index in [4.69, 9.17) is 0 Å². The van der Waals surface area contributed by atoms with Crippen molar-refractivity contribution < 1.29 is 9.59 Å². The number of rotatable bonds is 1. The molecule has 5 heteroatoms. The van der Waals surface area contributed by atoms with Crippen molar-refractivity contribution in [2.24, 2.45) is 5.92 Å². The van der Waals surface area contributed by atoms with Crippen molar-refractivity contribution in [3.8, 4) is 23.9 Å². The average Bonchev–Trinajstić information content (AvgIpc) is 2.16. The summed E-state index contributed by atoms with van der Waals surface area (Å²) in [7, 11) is 0. The summed E-state index contributed by atoms with van der Waals surface area (Å²) >= 11 is 1.31. The van der Waals surface area contributed by atoms with Crippen LogP contribution in [0.1, 0.15) is 20.8 Å². The molecule has 0 saturated heterocycles. The molecule has 0 spiro atoms. The van der Waals surface area contributed by atoms with Crippen molar-refractivity contribution in [1.82, 2.24) is 10.6 Å². The average molecular weight is 324 g/mol. The summed E-state index contributed by atoms with van der Waals surface area (Å²) in [5.41, 5.74) is 0. The van der Waals surface area contributed by atoms with Crippen LogP contribution in [0.3, 0.4) is 0 Å². The van der Waals surface area contributed by atoms with Gasteiger partial charge in [0, 0.05) is 0 Å². The van der Waals surface area contributed by atoms with Crippen LogP contribution < -0.4 is 10.6 Å². The maximum absolute atomic E-state index is 11.4. The van der Waals surface area contributed by atoms with E-state index in [-0.39, 0.29) is 11.8 Å². The molecule has 0 bridgehead atoms. The van der Waals surface area contributed by atoms with Gasteiger partial charge in [-0.1, -0.05) is 0 Å². The topological polar surface area (TPSA) is 58.2 Å². The fraction of sp³-hybridized carbons (Fsp3) is 0.455. The summed E-state index contributed by atoms with van der Waals surface area (Å²) in [6.07, 6.45) is 0. The third kappa shape index (κ3) is 8.19. The van der Waals surface area contributed by atoms with Gasteiger partial charge in [-0.05, 0) is 0 Å². The third-order valence-corrected chi connectivity index (χ3v) is 1.81. The summed E-state index contributed by atoms with van der Waals surface area (Å²) in [5.74, 6) is 4.43. The Morgan fingerprint density at radius 3 is 2.19 bits per heavy atom. The number of amides is 2. The molecule has 16 heavy (non-hydrogen) atoms. The van der Waals surface area contributed by atoms with Gasteiger partial charge in [0.25, 0.3) is 0 Å². The molecule has 3 radical (unpaired) electrons. The van der Waals surface area contributed by atoms with Crippen LogP contribution in [0.25, 0.3) is 0 Å². The predicted molar refractivity (Wildman–Crippen MR) is 61.9 cm³/mol. The summed E-state index contributed by atoms with van der Waals surface area (Å²) < 4.78 is 0.299. The first kappa shape index (κ1) is 14.9. The Kier molecular flexibility index (Phi) is 7.49. The minimum atomic E-state index is -0.499. The van der Waals surface area contributed by atoms with Gasteiger partial charge in [0.1, 0.15) is 0 Å². The van der Waals surface area contributed by atoms with Gasteiger partial charge in [-0.15, -0.1) is 0 Å². The van der Waals surface area contributed by atoms with Gasteiger partial charge < -0.3 is 0 Å². The molecule has 0 fully saturated rings. The Hall–Kier alpha value is -1.14. The van der Waals surface area contributed by atoms with E-state index in [0.717, 1.165) is 0 Å². The van der Waals surface area contributed by atoms with Crippen LogP contribution in [0.4, 0.5) is 0 Å². The molecule has 0 saturated carbocycles. The van der Waals surface area contributed by atoms with E-state index in [0.29, 0.717) is 3.93 Å². The Labute approximate surface area is 109 Å². The van der Waals surface area contributed by atoms with Crippen molar-refractivity contribution in [2.75, 3.05) is 0 Å². The SMILES string of the molecule is CC(=O)NC#CC(C)C(=O)NC#C[CH](C)[Sn]. The summed E-state index contributed by atoms with van der Waals surface area (Å²) in [6.45, 7) is 4.97. The normalized spacial score (nSPS) is 12.0. The molecule has 0 rings (SSSR count). The molecule has 83 valence electrons. The van der Waals surface area contributed by atoms with Crippen molar-refractivity contribution in [3.63, 3.8) is 0 Å². The second kappa shape index (κ2) is 8.06. The van der Waals surface area contributed by atoms with Gasteiger partial charge in [0.05, 0.1) is 0 Å². The first-order chi connectivity index (χ1) is 7.43. The van der Waals surface area contributed by atoms with Crippen molar-refractivity contribution in [1.29, 1.82) is 0 Å². The number of hydrogen-bond donors (Lipinski definition) is 2. The maximum atomic E-state index is 11.4. The summed E-state index contributed by atoms with van der Waals surface area (Å²) in [6, 6.07) is 4.99. The van der Waals surface area contributed by atoms with E-state index in [2.05, 4.69) is 34.6 Å². The predicted octanol–water partition coefficient (Wildman–Crippen LogP) is -0.227. The zero-order chi connectivity index (χ0) is 12.6. The van der Waals surface area contributed by atoms with Crippen LogP contribution in [0, 0.1) is 29.8 Å². The number of carbonyl (C=O) groups is 2. The van der Waals surface area contributed by atoms with Gasteiger partial charge in [-0.2, -0.15) is 0 Å². The zero-order valence-electron chi connectivity index (χ0n) is 9.47. The second-order valence-corrected chi connectivity index (χ2v) is 5.62. The van der Waals surface area contributed by atoms with E-state index >= 15 is 0 Å². The Balaban J connectivity index is 4.14. The molecule has 2 N–H and O–H groups in total. The van der Waals surface area contributed by atoms with Crippen molar-refractivity contribution in [2.45, 2.75) is 24.7 Å². The quantitative estimate of drug-likeness (QED) is 0.398. The summed E-state index contributed by atoms with van der Waals surface area (Å²) in [5, 5.41) is 4.74. The third-order valence-electron chi connectivity index (χ3n) is 1.39. The van der Waals surface area contributed by atoms with Crippen LogP contribution >= 0.6 is 0 Å². The number of carbonyl (C=O) groups excluding carboxylic acids is 2. The fourth-order valence-electron chi connectivity index (χ4n) is 0.612. The van der Waals surface area contributed by atoms with Crippen molar-refractivity contribution in [3.05, 3.63) is 0 Å². The molecule has 2 atom stereocenters. The molecule has 2 unspecified atom stereocenters. The first-order valence-electron chi connectivity index (χ1n) is 4.72. The van der Waals surface area contributed by atoms with Crippen LogP contribution in [-0.4, -0.2) is 34.3 Å². The van der Waals surface area contributed by atoms with E-state index in [1.54, 1.807) is 6.92 Å². The minimum absolute atomic E-state index is 0.247. The van der Waals surface area contributed by atoms with E-state index in [9.17, 15) is 9.59 Å². The molecule has 0 aromatic rings. The molecule has 0 heterocycles. The molecular weight excluding hydrogens is 311 g/mol. The van der Waals surface area contributed by atoms with Crippen molar-refractivity contribution >= 4 is 34.3 Å². The van der Waals surface area contributed by atoms with Gasteiger partial charge in [0.2, 0.25) is 0 Å². The van der Waals surface area contributed by atoms with Gasteiger partial charge in [0.15, 0.2) is 0 Å². The van der Waals surface area contributed by atoms with Gasteiger partial charge in [-0.3, -0.25) is 0 Å². The molecule has 0 aliphatic carbocycles. The van der Waals surface area contributed by atoms with E-state index in [1.807, 2.05) is 6.92 Å². The van der Waals surface area contributed by atoms with Gasteiger partial charge >= 0.3 is 109 Å². The van der Waals surface area contributed by atoms with Gasteiger partial charge in [-0.25, -0.2) is 0 Å². The molecule has 0 aromatic heterocycles. The van der Waals surface area contributed by atoms with E-state index < -0.39 is 5.92 Å². The Bertz CT molecular complexity index is 382. The molecule has 2 amide bonds. The molecule has 0 aliphatic heterocycles. The molecule has 0 aliphatic rings. The number of nitrogens with one attached hydrogen (secondary N) is 2. The molecular formula is C11H13N2O2Sn. The zero-order valence-corrected chi connectivity index (χ0v) is 12.3. The second-order valence-electron chi connectivity index (χ2n) is 3.15. The Morgan fingerprint density at radius 1 is 1.12 bits per heavy atom. The monoisotopic (exact) mass is 325 g/mol.